The number of aryl methyl sites for hydroxylation is 1. The van der Waals surface area contributed by atoms with Gasteiger partial charge in [-0.15, -0.1) is 0 Å². The molecule has 0 saturated carbocycles. The van der Waals surface area contributed by atoms with E-state index >= 15 is 0 Å². The number of nitrogens with two attached hydrogens (primary N) is 1. The molecule has 5 nitrogen and oxygen atoms in total. The number of hydrogen-bond donors (Lipinski definition) is 3. The van der Waals surface area contributed by atoms with Gasteiger partial charge in [0.2, 0.25) is 5.91 Å². The first-order valence-electron chi connectivity index (χ1n) is 5.41. The molecule has 0 radical (unpaired) electrons. The van der Waals surface area contributed by atoms with E-state index in [2.05, 4.69) is 15.5 Å². The van der Waals surface area contributed by atoms with Crippen LogP contribution in [0, 0.1) is 6.92 Å². The lowest BCUT2D eigenvalue weighted by Gasteiger charge is -2.04. The van der Waals surface area contributed by atoms with Crippen molar-refractivity contribution in [3.05, 3.63) is 40.5 Å². The first-order valence-corrected chi connectivity index (χ1v) is 5.79. The maximum atomic E-state index is 11.8. The van der Waals surface area contributed by atoms with Crippen molar-refractivity contribution in [2.75, 3.05) is 11.1 Å². The van der Waals surface area contributed by atoms with E-state index in [-0.39, 0.29) is 12.3 Å². The summed E-state index contributed by atoms with van der Waals surface area (Å²) in [5.74, 6) is 0.144. The fraction of sp³-hybridized carbons (Fsp3) is 0.167. The lowest BCUT2D eigenvalue weighted by atomic mass is 10.1. The van der Waals surface area contributed by atoms with E-state index in [4.69, 9.17) is 17.3 Å². The molecule has 2 rings (SSSR count). The highest BCUT2D eigenvalue weighted by molar-refractivity contribution is 6.31. The molecule has 1 heterocycles. The molecule has 2 aromatic rings. The Morgan fingerprint density at radius 3 is 2.83 bits per heavy atom. The van der Waals surface area contributed by atoms with Crippen LogP contribution in [0.2, 0.25) is 5.02 Å². The standard InChI is InChI=1S/C12H13ClN4O/c1-7-11(14)12(17-16-7)15-10(18)6-8-4-2-3-5-9(8)13/h2-5H,6,14H2,1H3,(H2,15,16,17,18). The molecular formula is C12H13ClN4O. The van der Waals surface area contributed by atoms with Gasteiger partial charge in [-0.3, -0.25) is 9.89 Å². The Kier molecular flexibility index (Phi) is 3.53. The molecule has 0 aliphatic rings. The Labute approximate surface area is 109 Å². The number of hydrogen-bond acceptors (Lipinski definition) is 3. The number of halogens is 1. The number of aromatic nitrogens is 2. The Balaban J connectivity index is 2.06. The third kappa shape index (κ3) is 2.62. The predicted molar refractivity (Wildman–Crippen MR) is 71.5 cm³/mol. The monoisotopic (exact) mass is 264 g/mol. The third-order valence-electron chi connectivity index (χ3n) is 2.56. The van der Waals surface area contributed by atoms with E-state index in [1.54, 1.807) is 19.1 Å². The minimum Gasteiger partial charge on any atom is -0.394 e. The average Bonchev–Trinajstić information content (AvgIpc) is 2.64. The summed E-state index contributed by atoms with van der Waals surface area (Å²) >= 11 is 5.98. The molecular weight excluding hydrogens is 252 g/mol. The number of carbonyl (C=O) groups excluding carboxylic acids is 1. The molecule has 1 amide bonds. The van der Waals surface area contributed by atoms with Gasteiger partial charge in [-0.2, -0.15) is 5.10 Å². The highest BCUT2D eigenvalue weighted by Gasteiger charge is 2.11. The summed E-state index contributed by atoms with van der Waals surface area (Å²) in [6.07, 6.45) is 0.186. The Hall–Kier alpha value is -2.01. The van der Waals surface area contributed by atoms with Gasteiger partial charge in [0.15, 0.2) is 5.82 Å². The molecule has 0 fully saturated rings. The highest BCUT2D eigenvalue weighted by Crippen LogP contribution is 2.19. The van der Waals surface area contributed by atoms with E-state index < -0.39 is 0 Å². The molecule has 0 spiro atoms. The van der Waals surface area contributed by atoms with Gasteiger partial charge >= 0.3 is 0 Å². The normalized spacial score (nSPS) is 10.3. The van der Waals surface area contributed by atoms with Crippen molar-refractivity contribution in [3.8, 4) is 0 Å². The number of aromatic amines is 1. The quantitative estimate of drug-likeness (QED) is 0.794. The number of carbonyl (C=O) groups is 1. The van der Waals surface area contributed by atoms with Gasteiger partial charge in [0, 0.05) is 5.02 Å². The van der Waals surface area contributed by atoms with Gasteiger partial charge < -0.3 is 11.1 Å². The zero-order valence-corrected chi connectivity index (χ0v) is 10.6. The summed E-state index contributed by atoms with van der Waals surface area (Å²) in [5.41, 5.74) is 7.68. The van der Waals surface area contributed by atoms with Crippen LogP contribution in [0.15, 0.2) is 24.3 Å². The van der Waals surface area contributed by atoms with Crippen molar-refractivity contribution in [2.45, 2.75) is 13.3 Å². The maximum Gasteiger partial charge on any atom is 0.230 e. The fourth-order valence-corrected chi connectivity index (χ4v) is 1.73. The number of H-pyrrole nitrogens is 1. The topological polar surface area (TPSA) is 83.8 Å². The molecule has 4 N–H and O–H groups in total. The van der Waals surface area contributed by atoms with Crippen LogP contribution in [-0.2, 0) is 11.2 Å². The molecule has 0 aliphatic carbocycles. The summed E-state index contributed by atoms with van der Waals surface area (Å²) in [6.45, 7) is 1.78. The van der Waals surface area contributed by atoms with Crippen LogP contribution in [-0.4, -0.2) is 16.1 Å². The second-order valence-electron chi connectivity index (χ2n) is 3.93. The van der Waals surface area contributed by atoms with Crippen molar-refractivity contribution in [2.24, 2.45) is 0 Å². The number of nitrogens with one attached hydrogen (secondary N) is 2. The van der Waals surface area contributed by atoms with E-state index in [1.807, 2.05) is 12.1 Å². The Bertz CT molecular complexity index is 579. The van der Waals surface area contributed by atoms with E-state index in [1.165, 1.54) is 0 Å². The minimum absolute atomic E-state index is 0.186. The number of amides is 1. The summed E-state index contributed by atoms with van der Waals surface area (Å²) in [7, 11) is 0. The number of anilines is 2. The molecule has 0 atom stereocenters. The second-order valence-corrected chi connectivity index (χ2v) is 4.33. The van der Waals surface area contributed by atoms with Crippen LogP contribution in [0.4, 0.5) is 11.5 Å². The zero-order chi connectivity index (χ0) is 13.1. The van der Waals surface area contributed by atoms with Crippen molar-refractivity contribution >= 4 is 29.0 Å². The molecule has 94 valence electrons. The van der Waals surface area contributed by atoms with E-state index in [0.29, 0.717) is 16.5 Å². The number of rotatable bonds is 3. The molecule has 18 heavy (non-hydrogen) atoms. The molecule has 0 saturated heterocycles. The van der Waals surface area contributed by atoms with Crippen LogP contribution < -0.4 is 11.1 Å². The van der Waals surface area contributed by atoms with E-state index in [0.717, 1.165) is 11.3 Å². The van der Waals surface area contributed by atoms with Gasteiger partial charge in [-0.1, -0.05) is 29.8 Å². The Morgan fingerprint density at radius 2 is 2.22 bits per heavy atom. The van der Waals surface area contributed by atoms with Crippen molar-refractivity contribution < 1.29 is 4.79 Å². The predicted octanol–water partition coefficient (Wildman–Crippen LogP) is 2.13. The SMILES string of the molecule is Cc1[nH]nc(NC(=O)Cc2ccccc2Cl)c1N. The van der Waals surface area contributed by atoms with Gasteiger partial charge in [-0.05, 0) is 18.6 Å². The summed E-state index contributed by atoms with van der Waals surface area (Å²) < 4.78 is 0. The number of nitrogens with zero attached hydrogens (tertiary/aromatic N) is 1. The summed E-state index contributed by atoms with van der Waals surface area (Å²) in [4.78, 5) is 11.8. The lowest BCUT2D eigenvalue weighted by molar-refractivity contribution is -0.115. The van der Waals surface area contributed by atoms with Crippen molar-refractivity contribution in [1.29, 1.82) is 0 Å². The van der Waals surface area contributed by atoms with Crippen LogP contribution in [0.1, 0.15) is 11.3 Å². The fourth-order valence-electron chi connectivity index (χ4n) is 1.52. The summed E-state index contributed by atoms with van der Waals surface area (Å²) in [5, 5.41) is 9.82. The first kappa shape index (κ1) is 12.4. The molecule has 0 bridgehead atoms. The Morgan fingerprint density at radius 1 is 1.50 bits per heavy atom. The smallest absolute Gasteiger partial charge is 0.230 e. The molecule has 1 aromatic carbocycles. The average molecular weight is 265 g/mol. The van der Waals surface area contributed by atoms with Crippen LogP contribution in [0.25, 0.3) is 0 Å². The largest absolute Gasteiger partial charge is 0.394 e. The molecule has 6 heteroatoms. The summed E-state index contributed by atoms with van der Waals surface area (Å²) in [6, 6.07) is 7.21. The maximum absolute atomic E-state index is 11.8. The third-order valence-corrected chi connectivity index (χ3v) is 2.93. The molecule has 0 aliphatic heterocycles. The second kappa shape index (κ2) is 5.10. The van der Waals surface area contributed by atoms with Gasteiger partial charge in [0.05, 0.1) is 17.8 Å². The highest BCUT2D eigenvalue weighted by atomic mass is 35.5. The van der Waals surface area contributed by atoms with Crippen LogP contribution in [0.3, 0.4) is 0 Å². The van der Waals surface area contributed by atoms with Crippen molar-refractivity contribution in [1.82, 2.24) is 10.2 Å². The van der Waals surface area contributed by atoms with Gasteiger partial charge in [0.25, 0.3) is 0 Å². The van der Waals surface area contributed by atoms with Gasteiger partial charge in [-0.25, -0.2) is 0 Å². The number of nitrogen functional groups attached to an aromatic ring is 1. The van der Waals surface area contributed by atoms with Crippen molar-refractivity contribution in [3.63, 3.8) is 0 Å². The van der Waals surface area contributed by atoms with Crippen LogP contribution in [0.5, 0.6) is 0 Å². The number of benzene rings is 1. The first-order chi connectivity index (χ1) is 8.58. The lowest BCUT2D eigenvalue weighted by Crippen LogP contribution is -2.15. The molecule has 0 unspecified atom stereocenters. The van der Waals surface area contributed by atoms with Crippen LogP contribution >= 0.6 is 11.6 Å². The molecule has 1 aromatic heterocycles. The van der Waals surface area contributed by atoms with Gasteiger partial charge in [0.1, 0.15) is 0 Å². The zero-order valence-electron chi connectivity index (χ0n) is 9.83. The van der Waals surface area contributed by atoms with E-state index in [9.17, 15) is 4.79 Å². The minimum atomic E-state index is -0.207.